The number of hydrogen-bond donors (Lipinski definition) is 3. The summed E-state index contributed by atoms with van der Waals surface area (Å²) < 4.78 is 30.6. The van der Waals surface area contributed by atoms with Gasteiger partial charge >= 0.3 is 0 Å². The second-order valence-corrected chi connectivity index (χ2v) is 10.0. The van der Waals surface area contributed by atoms with Crippen LogP contribution in [0.15, 0.2) is 54.6 Å². The number of aliphatic hydroxyl groups excluding tert-OH is 1. The van der Waals surface area contributed by atoms with Gasteiger partial charge in [0.15, 0.2) is 5.13 Å². The molecule has 3 N–H and O–H groups in total. The van der Waals surface area contributed by atoms with Crippen molar-refractivity contribution in [1.82, 2.24) is 10.3 Å². The number of halogens is 2. The highest BCUT2D eigenvalue weighted by Gasteiger charge is 2.18. The van der Waals surface area contributed by atoms with Gasteiger partial charge in [0.05, 0.1) is 34.1 Å². The summed E-state index contributed by atoms with van der Waals surface area (Å²) in [6, 6.07) is 14.2. The van der Waals surface area contributed by atoms with Crippen LogP contribution in [-0.2, 0) is 0 Å². The highest BCUT2D eigenvalue weighted by molar-refractivity contribution is 7.22. The largest absolute Gasteiger partial charge is 0.394 e. The first-order valence-electron chi connectivity index (χ1n) is 11.4. The molecule has 182 valence electrons. The predicted octanol–water partition coefficient (Wildman–Crippen LogP) is 6.43. The number of thiazole rings is 1. The molecule has 35 heavy (non-hydrogen) atoms. The molecule has 3 aromatic carbocycles. The number of aliphatic hydroxyl groups is 1. The molecule has 1 aromatic heterocycles. The Labute approximate surface area is 206 Å². The molecule has 0 aliphatic carbocycles. The number of aromatic nitrogens is 1. The van der Waals surface area contributed by atoms with Crippen LogP contribution in [0.1, 0.15) is 36.2 Å². The maximum Gasteiger partial charge on any atom is 0.254 e. The Morgan fingerprint density at radius 1 is 1.03 bits per heavy atom. The summed E-state index contributed by atoms with van der Waals surface area (Å²) in [5, 5.41) is 15.7. The van der Waals surface area contributed by atoms with Crippen LogP contribution in [0.25, 0.3) is 21.3 Å². The van der Waals surface area contributed by atoms with Gasteiger partial charge < -0.3 is 15.7 Å². The average molecular weight is 496 g/mol. The molecule has 0 bridgehead atoms. The van der Waals surface area contributed by atoms with Crippen molar-refractivity contribution < 1.29 is 18.7 Å². The van der Waals surface area contributed by atoms with Gasteiger partial charge in [-0.3, -0.25) is 4.79 Å². The standard InChI is InChI=1S/C27H27F2N3O2S/c1-15(2)10-19(14-33)30-26(34)20-7-5-17(12-21(20)28)18-6-9-23(22(29)13-18)31-27-32-24-8-4-16(3)11-25(24)35-27/h4-9,11-13,15,19,33H,10,14H2,1-3H3,(H,30,34)(H,31,32). The Kier molecular flexibility index (Phi) is 7.42. The van der Waals surface area contributed by atoms with E-state index >= 15 is 0 Å². The maximum atomic E-state index is 14.9. The van der Waals surface area contributed by atoms with E-state index in [2.05, 4.69) is 15.6 Å². The van der Waals surface area contributed by atoms with Gasteiger partial charge in [-0.25, -0.2) is 13.8 Å². The smallest absolute Gasteiger partial charge is 0.254 e. The van der Waals surface area contributed by atoms with E-state index in [1.807, 2.05) is 39.0 Å². The lowest BCUT2D eigenvalue weighted by molar-refractivity contribution is 0.0904. The lowest BCUT2D eigenvalue weighted by atomic mass is 10.0. The zero-order chi connectivity index (χ0) is 25.1. The number of fused-ring (bicyclic) bond motifs is 1. The molecule has 5 nitrogen and oxygen atoms in total. The number of nitrogens with one attached hydrogen (secondary N) is 2. The van der Waals surface area contributed by atoms with E-state index in [1.165, 1.54) is 29.5 Å². The Morgan fingerprint density at radius 2 is 1.74 bits per heavy atom. The van der Waals surface area contributed by atoms with Crippen molar-refractivity contribution >= 4 is 38.3 Å². The molecule has 4 aromatic rings. The third-order valence-electron chi connectivity index (χ3n) is 5.61. The SMILES string of the molecule is Cc1ccc2nc(Nc3ccc(-c4ccc(C(=O)NC(CO)CC(C)C)c(F)c4)cc3F)sc2c1. The Balaban J connectivity index is 1.50. The molecule has 0 aliphatic heterocycles. The minimum absolute atomic E-state index is 0.124. The zero-order valence-corrected chi connectivity index (χ0v) is 20.5. The van der Waals surface area contributed by atoms with Crippen molar-refractivity contribution in [2.75, 3.05) is 11.9 Å². The number of carbonyl (C=O) groups excluding carboxylic acids is 1. The quantitative estimate of drug-likeness (QED) is 0.263. The highest BCUT2D eigenvalue weighted by atomic mass is 32.1. The fourth-order valence-corrected chi connectivity index (χ4v) is 4.86. The second-order valence-electron chi connectivity index (χ2n) is 8.99. The number of nitrogens with zero attached hydrogens (tertiary/aromatic N) is 1. The summed E-state index contributed by atoms with van der Waals surface area (Å²) >= 11 is 1.44. The minimum atomic E-state index is -0.714. The van der Waals surface area contributed by atoms with Gasteiger partial charge in [-0.05, 0) is 72.4 Å². The lowest BCUT2D eigenvalue weighted by Crippen LogP contribution is -2.38. The number of aryl methyl sites for hydroxylation is 1. The fourth-order valence-electron chi connectivity index (χ4n) is 3.89. The average Bonchev–Trinajstić information content (AvgIpc) is 3.20. The first-order chi connectivity index (χ1) is 16.7. The molecule has 1 heterocycles. The molecule has 0 saturated carbocycles. The van der Waals surface area contributed by atoms with Gasteiger partial charge in [-0.1, -0.05) is 43.4 Å². The molecule has 4 rings (SSSR count). The van der Waals surface area contributed by atoms with Gasteiger partial charge in [-0.2, -0.15) is 0 Å². The molecule has 1 unspecified atom stereocenters. The first-order valence-corrected chi connectivity index (χ1v) is 12.2. The summed E-state index contributed by atoms with van der Waals surface area (Å²) in [4.78, 5) is 17.0. The number of anilines is 2. The van der Waals surface area contributed by atoms with E-state index in [0.29, 0.717) is 22.7 Å². The van der Waals surface area contributed by atoms with Crippen molar-refractivity contribution in [1.29, 1.82) is 0 Å². The predicted molar refractivity (Wildman–Crippen MR) is 137 cm³/mol. The molecule has 1 amide bonds. The first kappa shape index (κ1) is 24.8. The van der Waals surface area contributed by atoms with Crippen LogP contribution in [0.3, 0.4) is 0 Å². The number of hydrogen-bond acceptors (Lipinski definition) is 5. The van der Waals surface area contributed by atoms with Crippen LogP contribution in [0, 0.1) is 24.5 Å². The van der Waals surface area contributed by atoms with Crippen LogP contribution in [0.4, 0.5) is 19.6 Å². The molecular weight excluding hydrogens is 468 g/mol. The number of benzene rings is 3. The second kappa shape index (κ2) is 10.5. The minimum Gasteiger partial charge on any atom is -0.394 e. The van der Waals surface area contributed by atoms with Gasteiger partial charge in [0.2, 0.25) is 0 Å². The van der Waals surface area contributed by atoms with Crippen LogP contribution in [-0.4, -0.2) is 28.6 Å². The molecule has 0 radical (unpaired) electrons. The molecule has 1 atom stereocenters. The van der Waals surface area contributed by atoms with Crippen LogP contribution < -0.4 is 10.6 Å². The van der Waals surface area contributed by atoms with Crippen LogP contribution in [0.5, 0.6) is 0 Å². The van der Waals surface area contributed by atoms with Crippen molar-refractivity contribution in [3.8, 4) is 11.1 Å². The summed E-state index contributed by atoms with van der Waals surface area (Å²) in [5.41, 5.74) is 3.03. The van der Waals surface area contributed by atoms with Crippen molar-refractivity contribution in [3.63, 3.8) is 0 Å². The van der Waals surface area contributed by atoms with Gasteiger partial charge in [0, 0.05) is 0 Å². The molecule has 0 saturated heterocycles. The Morgan fingerprint density at radius 3 is 2.40 bits per heavy atom. The lowest BCUT2D eigenvalue weighted by Gasteiger charge is -2.18. The molecular formula is C27H27F2N3O2S. The Bertz CT molecular complexity index is 1370. The van der Waals surface area contributed by atoms with Crippen molar-refractivity contribution in [2.45, 2.75) is 33.2 Å². The maximum absolute atomic E-state index is 14.9. The van der Waals surface area contributed by atoms with Gasteiger partial charge in [-0.15, -0.1) is 0 Å². The Hall–Kier alpha value is -3.36. The van der Waals surface area contributed by atoms with Gasteiger partial charge in [0.1, 0.15) is 11.6 Å². The van der Waals surface area contributed by atoms with E-state index < -0.39 is 23.6 Å². The third kappa shape index (κ3) is 5.83. The number of rotatable bonds is 8. The van der Waals surface area contributed by atoms with E-state index in [1.54, 1.807) is 18.2 Å². The number of amides is 1. The van der Waals surface area contributed by atoms with Crippen molar-refractivity contribution in [3.05, 3.63) is 77.4 Å². The fraction of sp³-hybridized carbons (Fsp3) is 0.259. The highest BCUT2D eigenvalue weighted by Crippen LogP contribution is 2.32. The summed E-state index contributed by atoms with van der Waals surface area (Å²) in [7, 11) is 0. The van der Waals surface area contributed by atoms with E-state index in [-0.39, 0.29) is 23.8 Å². The molecule has 0 fully saturated rings. The summed E-state index contributed by atoms with van der Waals surface area (Å²) in [5.74, 6) is -1.54. The van der Waals surface area contributed by atoms with E-state index in [9.17, 15) is 18.7 Å². The summed E-state index contributed by atoms with van der Waals surface area (Å²) in [6.45, 7) is 5.74. The number of carbonyl (C=O) groups is 1. The van der Waals surface area contributed by atoms with E-state index in [0.717, 1.165) is 15.8 Å². The van der Waals surface area contributed by atoms with Gasteiger partial charge in [0.25, 0.3) is 5.91 Å². The third-order valence-corrected chi connectivity index (χ3v) is 6.55. The normalized spacial score (nSPS) is 12.2. The molecule has 8 heteroatoms. The zero-order valence-electron chi connectivity index (χ0n) is 19.7. The molecule has 0 aliphatic rings. The van der Waals surface area contributed by atoms with Crippen molar-refractivity contribution in [2.24, 2.45) is 5.92 Å². The molecule has 0 spiro atoms. The van der Waals surface area contributed by atoms with Crippen LogP contribution in [0.2, 0.25) is 0 Å². The van der Waals surface area contributed by atoms with E-state index in [4.69, 9.17) is 0 Å². The van der Waals surface area contributed by atoms with Crippen LogP contribution >= 0.6 is 11.3 Å². The summed E-state index contributed by atoms with van der Waals surface area (Å²) in [6.07, 6.45) is 0.582. The monoisotopic (exact) mass is 495 g/mol. The topological polar surface area (TPSA) is 74.2 Å².